The molecule has 7 heteroatoms. The van der Waals surface area contributed by atoms with E-state index in [1.54, 1.807) is 0 Å². The third kappa shape index (κ3) is 2.60. The van der Waals surface area contributed by atoms with Crippen molar-refractivity contribution in [3.05, 3.63) is 17.1 Å². The van der Waals surface area contributed by atoms with Gasteiger partial charge in [-0.2, -0.15) is 0 Å². The van der Waals surface area contributed by atoms with Crippen LogP contribution >= 0.6 is 0 Å². The van der Waals surface area contributed by atoms with Crippen molar-refractivity contribution in [2.45, 2.75) is 56.9 Å². The van der Waals surface area contributed by atoms with E-state index in [0.717, 1.165) is 25.7 Å². The molecule has 1 aliphatic carbocycles. The Morgan fingerprint density at radius 3 is 2.30 bits per heavy atom. The SMILES string of the molecule is Cc1oc(C)c(S(=O)(=O)NC2(C)CCCC2)c1C(=O)O. The molecule has 6 nitrogen and oxygen atoms in total. The monoisotopic (exact) mass is 301 g/mol. The van der Waals surface area contributed by atoms with Gasteiger partial charge in [-0.25, -0.2) is 17.9 Å². The number of carbonyl (C=O) groups is 1. The Hall–Kier alpha value is -1.34. The molecule has 0 bridgehead atoms. The van der Waals surface area contributed by atoms with Gasteiger partial charge in [0, 0.05) is 5.54 Å². The molecule has 1 fully saturated rings. The predicted octanol–water partition coefficient (Wildman–Crippen LogP) is 2.21. The molecule has 1 saturated carbocycles. The number of rotatable bonds is 4. The van der Waals surface area contributed by atoms with Crippen molar-refractivity contribution in [1.82, 2.24) is 4.72 Å². The molecule has 2 N–H and O–H groups in total. The summed E-state index contributed by atoms with van der Waals surface area (Å²) < 4.78 is 32.9. The molecule has 0 spiro atoms. The summed E-state index contributed by atoms with van der Waals surface area (Å²) in [6.45, 7) is 4.76. The molecule has 2 rings (SSSR count). The number of aryl methyl sites for hydroxylation is 2. The van der Waals surface area contributed by atoms with Gasteiger partial charge in [-0.15, -0.1) is 0 Å². The number of carboxylic acid groups (broad SMARTS) is 1. The van der Waals surface area contributed by atoms with Gasteiger partial charge < -0.3 is 9.52 Å². The van der Waals surface area contributed by atoms with Crippen molar-refractivity contribution in [2.75, 3.05) is 0 Å². The topological polar surface area (TPSA) is 96.6 Å². The minimum atomic E-state index is -3.91. The summed E-state index contributed by atoms with van der Waals surface area (Å²) >= 11 is 0. The van der Waals surface area contributed by atoms with Gasteiger partial charge in [-0.05, 0) is 33.6 Å². The number of sulfonamides is 1. The number of furan rings is 1. The van der Waals surface area contributed by atoms with Crippen LogP contribution in [0.25, 0.3) is 0 Å². The number of nitrogens with one attached hydrogen (secondary N) is 1. The van der Waals surface area contributed by atoms with Crippen molar-refractivity contribution < 1.29 is 22.7 Å². The summed E-state index contributed by atoms with van der Waals surface area (Å²) in [5.41, 5.74) is -0.789. The molecule has 0 amide bonds. The van der Waals surface area contributed by atoms with Gasteiger partial charge in [-0.3, -0.25) is 0 Å². The Balaban J connectivity index is 2.47. The van der Waals surface area contributed by atoms with Crippen LogP contribution in [0.4, 0.5) is 0 Å². The van der Waals surface area contributed by atoms with E-state index in [1.807, 2.05) is 6.92 Å². The Labute approximate surface area is 118 Å². The number of aromatic carboxylic acids is 1. The molecule has 0 aliphatic heterocycles. The summed E-state index contributed by atoms with van der Waals surface area (Å²) in [5.74, 6) is -1.09. The number of carboxylic acids is 1. The van der Waals surface area contributed by atoms with Crippen molar-refractivity contribution in [2.24, 2.45) is 0 Å². The second-order valence-corrected chi connectivity index (χ2v) is 7.22. The van der Waals surface area contributed by atoms with Crippen LogP contribution < -0.4 is 4.72 Å². The molecule has 0 atom stereocenters. The van der Waals surface area contributed by atoms with E-state index in [1.165, 1.54) is 13.8 Å². The zero-order valence-corrected chi connectivity index (χ0v) is 12.6. The second kappa shape index (κ2) is 4.89. The summed E-state index contributed by atoms with van der Waals surface area (Å²) in [7, 11) is -3.91. The zero-order chi connectivity index (χ0) is 15.1. The van der Waals surface area contributed by atoms with E-state index in [4.69, 9.17) is 4.42 Å². The molecular weight excluding hydrogens is 282 g/mol. The van der Waals surface area contributed by atoms with Gasteiger partial charge in [-0.1, -0.05) is 12.8 Å². The van der Waals surface area contributed by atoms with Crippen LogP contribution in [-0.4, -0.2) is 25.0 Å². The first-order valence-electron chi connectivity index (χ1n) is 6.53. The fraction of sp³-hybridized carbons (Fsp3) is 0.615. The maximum atomic E-state index is 12.5. The van der Waals surface area contributed by atoms with E-state index >= 15 is 0 Å². The van der Waals surface area contributed by atoms with Gasteiger partial charge >= 0.3 is 5.97 Å². The highest BCUT2D eigenvalue weighted by atomic mass is 32.2. The summed E-state index contributed by atoms with van der Waals surface area (Å²) in [6, 6.07) is 0. The molecule has 0 unspecified atom stereocenters. The highest BCUT2D eigenvalue weighted by Gasteiger charge is 2.37. The van der Waals surface area contributed by atoms with E-state index in [0.29, 0.717) is 0 Å². The Kier molecular flexibility index (Phi) is 3.68. The average Bonchev–Trinajstić information content (AvgIpc) is 2.81. The van der Waals surface area contributed by atoms with Crippen molar-refractivity contribution >= 4 is 16.0 Å². The average molecular weight is 301 g/mol. The molecule has 1 aromatic rings. The molecule has 1 heterocycles. The van der Waals surface area contributed by atoms with Crippen LogP contribution in [0.3, 0.4) is 0 Å². The number of hydrogen-bond acceptors (Lipinski definition) is 4. The number of hydrogen-bond donors (Lipinski definition) is 2. The molecular formula is C13H19NO5S. The minimum Gasteiger partial charge on any atom is -0.478 e. The summed E-state index contributed by atoms with van der Waals surface area (Å²) in [4.78, 5) is 11.0. The quantitative estimate of drug-likeness (QED) is 0.888. The minimum absolute atomic E-state index is 0.104. The van der Waals surface area contributed by atoms with Crippen LogP contribution in [-0.2, 0) is 10.0 Å². The van der Waals surface area contributed by atoms with Crippen LogP contribution in [0.1, 0.15) is 54.5 Å². The lowest BCUT2D eigenvalue weighted by atomic mass is 10.0. The van der Waals surface area contributed by atoms with Crippen LogP contribution in [0.2, 0.25) is 0 Å². The molecule has 20 heavy (non-hydrogen) atoms. The van der Waals surface area contributed by atoms with E-state index in [9.17, 15) is 18.3 Å². The first-order valence-corrected chi connectivity index (χ1v) is 8.02. The van der Waals surface area contributed by atoms with Gasteiger partial charge in [0.05, 0.1) is 0 Å². The third-order valence-electron chi connectivity index (χ3n) is 3.78. The Bertz CT molecular complexity index is 638. The maximum absolute atomic E-state index is 12.5. The Morgan fingerprint density at radius 1 is 1.25 bits per heavy atom. The third-order valence-corrected chi connectivity index (χ3v) is 5.57. The van der Waals surface area contributed by atoms with Crippen molar-refractivity contribution in [3.63, 3.8) is 0 Å². The van der Waals surface area contributed by atoms with Gasteiger partial charge in [0.1, 0.15) is 22.0 Å². The molecule has 1 aromatic heterocycles. The fourth-order valence-electron chi connectivity index (χ4n) is 2.87. The molecule has 0 aromatic carbocycles. The van der Waals surface area contributed by atoms with E-state index < -0.39 is 21.5 Å². The maximum Gasteiger partial charge on any atom is 0.340 e. The lowest BCUT2D eigenvalue weighted by Crippen LogP contribution is -2.43. The lowest BCUT2D eigenvalue weighted by molar-refractivity contribution is 0.0691. The van der Waals surface area contributed by atoms with E-state index in [-0.39, 0.29) is 22.0 Å². The first kappa shape index (κ1) is 15.1. The highest BCUT2D eigenvalue weighted by Crippen LogP contribution is 2.33. The van der Waals surface area contributed by atoms with E-state index in [2.05, 4.69) is 4.72 Å². The smallest absolute Gasteiger partial charge is 0.340 e. The van der Waals surface area contributed by atoms with Crippen LogP contribution in [0.5, 0.6) is 0 Å². The van der Waals surface area contributed by atoms with Gasteiger partial charge in [0.2, 0.25) is 10.0 Å². The first-order chi connectivity index (χ1) is 9.16. The largest absolute Gasteiger partial charge is 0.478 e. The summed E-state index contributed by atoms with van der Waals surface area (Å²) in [6.07, 6.45) is 3.44. The summed E-state index contributed by atoms with van der Waals surface area (Å²) in [5, 5.41) is 9.20. The van der Waals surface area contributed by atoms with Crippen molar-refractivity contribution in [1.29, 1.82) is 0 Å². The highest BCUT2D eigenvalue weighted by molar-refractivity contribution is 7.89. The standard InChI is InChI=1S/C13H19NO5S/c1-8-10(12(15)16)11(9(2)19-8)20(17,18)14-13(3)6-4-5-7-13/h14H,4-7H2,1-3H3,(H,15,16). The molecule has 0 radical (unpaired) electrons. The second-order valence-electron chi connectivity index (χ2n) is 5.60. The normalized spacial score (nSPS) is 18.4. The van der Waals surface area contributed by atoms with Crippen LogP contribution in [0.15, 0.2) is 9.31 Å². The van der Waals surface area contributed by atoms with Crippen LogP contribution in [0, 0.1) is 13.8 Å². The molecule has 112 valence electrons. The predicted molar refractivity (Wildman–Crippen MR) is 72.3 cm³/mol. The molecule has 1 aliphatic rings. The molecule has 0 saturated heterocycles. The zero-order valence-electron chi connectivity index (χ0n) is 11.8. The van der Waals surface area contributed by atoms with Crippen molar-refractivity contribution in [3.8, 4) is 0 Å². The van der Waals surface area contributed by atoms with Gasteiger partial charge in [0.15, 0.2) is 0 Å². The fourth-order valence-corrected chi connectivity index (χ4v) is 4.74. The Morgan fingerprint density at radius 2 is 1.80 bits per heavy atom. The lowest BCUT2D eigenvalue weighted by Gasteiger charge is -2.24. The van der Waals surface area contributed by atoms with Gasteiger partial charge in [0.25, 0.3) is 0 Å².